The number of rotatable bonds is 3. The van der Waals surface area contributed by atoms with E-state index in [4.69, 9.17) is 28.3 Å². The zero-order chi connectivity index (χ0) is 24.2. The number of nitrogens with one attached hydrogen (secondary N) is 1. The Bertz CT molecular complexity index is 902. The average Bonchev–Trinajstić information content (AvgIpc) is 2.83. The molecular weight excluding hydrogens is 470 g/mol. The fourth-order valence-corrected chi connectivity index (χ4v) is 3.95. The second kappa shape index (κ2) is 14.3. The van der Waals surface area contributed by atoms with Crippen molar-refractivity contribution in [3.63, 3.8) is 0 Å². The maximum atomic E-state index is 12.6. The first-order valence-corrected chi connectivity index (χ1v) is 11.6. The van der Waals surface area contributed by atoms with Crippen molar-refractivity contribution in [1.29, 1.82) is 0 Å². The minimum atomic E-state index is -0.654. The van der Waals surface area contributed by atoms with Crippen molar-refractivity contribution in [2.24, 2.45) is 0 Å². The molecule has 2 aliphatic rings. The Hall–Kier alpha value is -2.03. The second-order valence-electron chi connectivity index (χ2n) is 7.76. The number of halogens is 3. The van der Waals surface area contributed by atoms with Gasteiger partial charge in [-0.25, -0.2) is 4.39 Å². The molecule has 2 aromatic rings. The molecule has 3 N–H and O–H groups in total. The maximum Gasteiger partial charge on any atom is 0.153 e. The number of benzene rings is 2. The van der Waals surface area contributed by atoms with Gasteiger partial charge in [0.15, 0.2) is 18.4 Å². The molecule has 2 saturated heterocycles. The number of hydrogen-bond donors (Lipinski definition) is 3. The lowest BCUT2D eigenvalue weighted by Crippen LogP contribution is -2.36. The predicted octanol–water partition coefficient (Wildman–Crippen LogP) is 4.14. The van der Waals surface area contributed by atoms with Crippen LogP contribution in [0.3, 0.4) is 0 Å². The average molecular weight is 499 g/mol. The van der Waals surface area contributed by atoms with E-state index in [1.54, 1.807) is 18.2 Å². The highest BCUT2D eigenvalue weighted by Crippen LogP contribution is 2.31. The van der Waals surface area contributed by atoms with E-state index in [0.29, 0.717) is 16.9 Å². The fourth-order valence-electron chi connectivity index (χ4n) is 3.47. The van der Waals surface area contributed by atoms with Gasteiger partial charge in [-0.05, 0) is 63.0 Å². The smallest absolute Gasteiger partial charge is 0.153 e. The van der Waals surface area contributed by atoms with Gasteiger partial charge in [-0.1, -0.05) is 35.3 Å². The van der Waals surface area contributed by atoms with Crippen molar-refractivity contribution in [1.82, 2.24) is 5.32 Å². The third-order valence-electron chi connectivity index (χ3n) is 5.34. The first-order valence-electron chi connectivity index (χ1n) is 10.8. The first-order chi connectivity index (χ1) is 15.9. The highest BCUT2D eigenvalue weighted by Gasteiger charge is 2.21. The Balaban J connectivity index is 0.000000193. The van der Waals surface area contributed by atoms with Gasteiger partial charge in [-0.3, -0.25) is 9.59 Å². The van der Waals surface area contributed by atoms with Crippen LogP contribution in [0.5, 0.6) is 0 Å². The van der Waals surface area contributed by atoms with Crippen LogP contribution in [0.15, 0.2) is 36.4 Å². The van der Waals surface area contributed by atoms with Gasteiger partial charge in [-0.2, -0.15) is 0 Å². The van der Waals surface area contributed by atoms with Crippen LogP contribution in [0, 0.1) is 5.82 Å². The van der Waals surface area contributed by atoms with Crippen LogP contribution in [0.1, 0.15) is 46.4 Å². The molecule has 33 heavy (non-hydrogen) atoms. The summed E-state index contributed by atoms with van der Waals surface area (Å²) in [6.45, 7) is 3.46. The highest BCUT2D eigenvalue weighted by atomic mass is 35.5. The van der Waals surface area contributed by atoms with Crippen molar-refractivity contribution >= 4 is 41.5 Å². The monoisotopic (exact) mass is 498 g/mol. The van der Waals surface area contributed by atoms with Crippen molar-refractivity contribution in [2.75, 3.05) is 31.1 Å². The summed E-state index contributed by atoms with van der Waals surface area (Å²) < 4.78 is 12.6. The van der Waals surface area contributed by atoms with Crippen molar-refractivity contribution in [2.45, 2.75) is 37.9 Å². The molecule has 2 heterocycles. The van der Waals surface area contributed by atoms with Crippen LogP contribution in [0.25, 0.3) is 0 Å². The van der Waals surface area contributed by atoms with Crippen molar-refractivity contribution in [3.05, 3.63) is 63.4 Å². The Morgan fingerprint density at radius 3 is 1.85 bits per heavy atom. The summed E-state index contributed by atoms with van der Waals surface area (Å²) in [4.78, 5) is 23.1. The number of hydrogen-bond acceptors (Lipinski definition) is 6. The van der Waals surface area contributed by atoms with E-state index >= 15 is 0 Å². The minimum absolute atomic E-state index is 0.00694. The van der Waals surface area contributed by atoms with Crippen LogP contribution in [-0.4, -0.2) is 61.2 Å². The number of anilines is 1. The van der Waals surface area contributed by atoms with Crippen LogP contribution in [0.2, 0.25) is 10.0 Å². The number of aliphatic hydroxyl groups excluding tert-OH is 2. The molecule has 0 bridgehead atoms. The largest absolute Gasteiger partial charge is 0.393 e. The molecule has 0 spiro atoms. The lowest BCUT2D eigenvalue weighted by molar-refractivity contribution is 0.111. The van der Waals surface area contributed by atoms with Gasteiger partial charge in [-0.15, -0.1) is 0 Å². The molecule has 180 valence electrons. The summed E-state index contributed by atoms with van der Waals surface area (Å²) in [6.07, 6.45) is 4.32. The van der Waals surface area contributed by atoms with Crippen LogP contribution in [0.4, 0.5) is 10.1 Å². The number of para-hydroxylation sites is 1. The van der Waals surface area contributed by atoms with E-state index in [1.807, 2.05) is 0 Å². The SMILES string of the molecule is O=Cc1cccc(Cl)c1F.O=Cc1cccc(Cl)c1N1CCC(O)CC1.OC1CCNCC1. The number of aldehydes is 2. The minimum Gasteiger partial charge on any atom is -0.393 e. The molecule has 0 saturated carbocycles. The Morgan fingerprint density at radius 1 is 0.848 bits per heavy atom. The number of piperidine rings is 2. The molecule has 2 aromatic carbocycles. The van der Waals surface area contributed by atoms with Gasteiger partial charge in [0.25, 0.3) is 0 Å². The Morgan fingerprint density at radius 2 is 1.36 bits per heavy atom. The van der Waals surface area contributed by atoms with Gasteiger partial charge in [0.05, 0.1) is 33.5 Å². The molecule has 9 heteroatoms. The van der Waals surface area contributed by atoms with Gasteiger partial charge in [0.1, 0.15) is 0 Å². The number of nitrogens with zero attached hydrogens (tertiary/aromatic N) is 1. The second-order valence-corrected chi connectivity index (χ2v) is 8.57. The van der Waals surface area contributed by atoms with E-state index in [-0.39, 0.29) is 22.8 Å². The molecule has 2 fully saturated rings. The number of carbonyl (C=O) groups is 2. The van der Waals surface area contributed by atoms with Gasteiger partial charge < -0.3 is 20.4 Å². The lowest BCUT2D eigenvalue weighted by Gasteiger charge is -2.32. The van der Waals surface area contributed by atoms with E-state index in [9.17, 15) is 19.1 Å². The van der Waals surface area contributed by atoms with Crippen LogP contribution in [-0.2, 0) is 0 Å². The zero-order valence-corrected chi connectivity index (χ0v) is 19.7. The Labute approximate surface area is 203 Å². The maximum absolute atomic E-state index is 12.6. The van der Waals surface area contributed by atoms with Gasteiger partial charge >= 0.3 is 0 Å². The molecule has 0 radical (unpaired) electrons. The molecule has 2 aliphatic heterocycles. The molecule has 0 aliphatic carbocycles. The standard InChI is InChI=1S/C12H14ClNO2.C7H4ClFO.C5H11NO/c13-11-3-1-2-9(8-15)12(11)14-6-4-10(16)5-7-14;8-6-3-1-2-5(4-10)7(6)9;7-5-1-3-6-4-2-5/h1-3,8,10,16H,4-7H2;1-4H;5-7H,1-4H2. The Kier molecular flexibility index (Phi) is 11.8. The summed E-state index contributed by atoms with van der Waals surface area (Å²) in [5, 5.41) is 22.0. The zero-order valence-electron chi connectivity index (χ0n) is 18.2. The molecule has 0 unspecified atom stereocenters. The molecule has 0 atom stereocenters. The van der Waals surface area contributed by atoms with E-state index in [0.717, 1.165) is 63.8 Å². The summed E-state index contributed by atoms with van der Waals surface area (Å²) in [7, 11) is 0. The predicted molar refractivity (Wildman–Crippen MR) is 129 cm³/mol. The summed E-state index contributed by atoms with van der Waals surface area (Å²) in [5.74, 6) is -0.654. The fraction of sp³-hybridized carbons (Fsp3) is 0.417. The third kappa shape index (κ3) is 8.68. The molecule has 0 aromatic heterocycles. The normalized spacial score (nSPS) is 16.7. The van der Waals surface area contributed by atoms with Crippen LogP contribution >= 0.6 is 23.2 Å². The van der Waals surface area contributed by atoms with E-state index < -0.39 is 5.82 Å². The van der Waals surface area contributed by atoms with E-state index in [1.165, 1.54) is 18.2 Å². The molecular formula is C24H29Cl2FN2O4. The summed E-state index contributed by atoms with van der Waals surface area (Å²) in [6, 6.07) is 9.61. The van der Waals surface area contributed by atoms with Gasteiger partial charge in [0.2, 0.25) is 0 Å². The van der Waals surface area contributed by atoms with Crippen LogP contribution < -0.4 is 10.2 Å². The number of aliphatic hydroxyl groups is 2. The lowest BCUT2D eigenvalue weighted by atomic mass is 10.1. The van der Waals surface area contributed by atoms with E-state index in [2.05, 4.69) is 10.2 Å². The summed E-state index contributed by atoms with van der Waals surface area (Å²) >= 11 is 11.5. The molecule has 4 rings (SSSR count). The van der Waals surface area contributed by atoms with Crippen molar-refractivity contribution in [3.8, 4) is 0 Å². The number of carbonyl (C=O) groups excluding carboxylic acids is 2. The van der Waals surface area contributed by atoms with Gasteiger partial charge in [0, 0.05) is 18.7 Å². The highest BCUT2D eigenvalue weighted by molar-refractivity contribution is 6.34. The molecule has 0 amide bonds. The molecule has 6 nitrogen and oxygen atoms in total. The first kappa shape index (κ1) is 27.2. The quantitative estimate of drug-likeness (QED) is 0.551. The summed E-state index contributed by atoms with van der Waals surface area (Å²) in [5.41, 5.74) is 1.41. The third-order valence-corrected chi connectivity index (χ3v) is 5.94. The van der Waals surface area contributed by atoms with Crippen molar-refractivity contribution < 1.29 is 24.2 Å². The topological polar surface area (TPSA) is 89.9 Å².